The minimum Gasteiger partial charge on any atom is -0.494 e. The molecule has 0 aliphatic carbocycles. The van der Waals surface area contributed by atoms with Gasteiger partial charge in [0.15, 0.2) is 5.16 Å². The van der Waals surface area contributed by atoms with Gasteiger partial charge in [-0.15, -0.1) is 0 Å². The second kappa shape index (κ2) is 10.2. The molecule has 4 aromatic rings. The maximum Gasteiger partial charge on any atom is 0.296 e. The fourth-order valence-electron chi connectivity index (χ4n) is 3.34. The molecule has 0 bridgehead atoms. The lowest BCUT2D eigenvalue weighted by Gasteiger charge is -2.11. The van der Waals surface area contributed by atoms with E-state index in [0.29, 0.717) is 23.4 Å². The number of amides is 1. The zero-order valence-electron chi connectivity index (χ0n) is 18.5. The number of nitro groups is 1. The summed E-state index contributed by atoms with van der Waals surface area (Å²) in [6.07, 6.45) is 0. The van der Waals surface area contributed by atoms with Gasteiger partial charge in [-0.1, -0.05) is 42.1 Å². The Labute approximate surface area is 205 Å². The molecule has 4 rings (SSSR count). The zero-order chi connectivity index (χ0) is 25.0. The predicted octanol–water partition coefficient (Wildman–Crippen LogP) is 4.31. The van der Waals surface area contributed by atoms with Crippen LogP contribution in [0.25, 0.3) is 11.0 Å². The first-order chi connectivity index (χ1) is 16.8. The zero-order valence-corrected chi connectivity index (χ0v) is 20.1. The van der Waals surface area contributed by atoms with Crippen LogP contribution < -0.4 is 10.1 Å². The fraction of sp³-hybridized carbons (Fsp3) is 0.130. The number of imidazole rings is 1. The molecule has 35 heavy (non-hydrogen) atoms. The minimum absolute atomic E-state index is 0.00876. The third-order valence-electron chi connectivity index (χ3n) is 4.86. The highest BCUT2D eigenvalue weighted by Gasteiger charge is 2.25. The molecule has 1 amide bonds. The summed E-state index contributed by atoms with van der Waals surface area (Å²) < 4.78 is 33.2. The molecule has 1 N–H and O–H groups in total. The van der Waals surface area contributed by atoms with Crippen LogP contribution in [0.2, 0.25) is 0 Å². The third-order valence-corrected chi connectivity index (χ3v) is 7.63. The lowest BCUT2D eigenvalue weighted by Crippen LogP contribution is -2.17. The molecule has 0 radical (unpaired) electrons. The normalized spacial score (nSPS) is 11.3. The summed E-state index contributed by atoms with van der Waals surface area (Å²) in [5.41, 5.74) is 0.529. The number of benzene rings is 3. The molecule has 0 saturated heterocycles. The SMILES string of the molecule is CCOc1ccc(NC(=O)CSc2nc3ccccc3n2S(=O)(=O)c2ccccc2)c([N+](=O)[O-])c1. The molecule has 1 heterocycles. The number of nitrogens with one attached hydrogen (secondary N) is 1. The Bertz CT molecular complexity index is 1500. The van der Waals surface area contributed by atoms with E-state index in [9.17, 15) is 23.3 Å². The molecule has 0 aliphatic rings. The number of carbonyl (C=O) groups is 1. The van der Waals surface area contributed by atoms with E-state index in [1.165, 1.54) is 30.3 Å². The monoisotopic (exact) mass is 512 g/mol. The molecule has 0 aliphatic heterocycles. The van der Waals surface area contributed by atoms with Crippen LogP contribution in [0.5, 0.6) is 5.75 Å². The molecule has 0 spiro atoms. The Morgan fingerprint density at radius 2 is 1.83 bits per heavy atom. The van der Waals surface area contributed by atoms with Crippen LogP contribution in [-0.2, 0) is 14.8 Å². The van der Waals surface area contributed by atoms with Crippen molar-refractivity contribution in [2.45, 2.75) is 17.0 Å². The quantitative estimate of drug-likeness (QED) is 0.199. The van der Waals surface area contributed by atoms with Gasteiger partial charge in [0.25, 0.3) is 15.7 Å². The number of carbonyl (C=O) groups excluding carboxylic acids is 1. The predicted molar refractivity (Wildman–Crippen MR) is 132 cm³/mol. The molecule has 3 aromatic carbocycles. The Hall–Kier alpha value is -3.90. The van der Waals surface area contributed by atoms with Crippen LogP contribution in [-0.4, -0.2) is 40.6 Å². The summed E-state index contributed by atoms with van der Waals surface area (Å²) >= 11 is 0.913. The largest absolute Gasteiger partial charge is 0.494 e. The molecular weight excluding hydrogens is 492 g/mol. The molecule has 0 saturated carbocycles. The van der Waals surface area contributed by atoms with Gasteiger partial charge in [-0.3, -0.25) is 14.9 Å². The molecule has 180 valence electrons. The van der Waals surface area contributed by atoms with Crippen LogP contribution in [0, 0.1) is 10.1 Å². The summed E-state index contributed by atoms with van der Waals surface area (Å²) in [5, 5.41) is 14.1. The van der Waals surface area contributed by atoms with Crippen LogP contribution in [0.3, 0.4) is 0 Å². The summed E-state index contributed by atoms with van der Waals surface area (Å²) in [6, 6.07) is 18.8. The maximum atomic E-state index is 13.4. The minimum atomic E-state index is -3.99. The third kappa shape index (κ3) is 5.12. The fourth-order valence-corrected chi connectivity index (χ4v) is 5.88. The molecule has 1 aromatic heterocycles. The number of aromatic nitrogens is 2. The molecule has 0 atom stereocenters. The number of nitrogens with zero attached hydrogens (tertiary/aromatic N) is 3. The van der Waals surface area contributed by atoms with Crippen LogP contribution in [0.15, 0.2) is 82.8 Å². The lowest BCUT2D eigenvalue weighted by atomic mass is 10.2. The van der Waals surface area contributed by atoms with E-state index >= 15 is 0 Å². The van der Waals surface area contributed by atoms with Gasteiger partial charge < -0.3 is 10.1 Å². The van der Waals surface area contributed by atoms with Crippen molar-refractivity contribution in [2.24, 2.45) is 0 Å². The Balaban J connectivity index is 1.60. The van der Waals surface area contributed by atoms with Crippen LogP contribution in [0.1, 0.15) is 6.92 Å². The number of nitro benzene ring substituents is 1. The van der Waals surface area contributed by atoms with Crippen molar-refractivity contribution in [3.05, 3.63) is 82.9 Å². The standard InChI is InChI=1S/C23H20N4O6S2/c1-2-33-16-12-13-19(21(14-16)27(29)30)24-22(28)15-34-23-25-18-10-6-7-11-20(18)26(23)35(31,32)17-8-4-3-5-9-17/h3-14H,2,15H2,1H3,(H,24,28). The molecular formula is C23H20N4O6S2. The van der Waals surface area contributed by atoms with Crippen molar-refractivity contribution in [3.8, 4) is 5.75 Å². The van der Waals surface area contributed by atoms with Crippen molar-refractivity contribution >= 4 is 50.1 Å². The number of ether oxygens (including phenoxy) is 1. The van der Waals surface area contributed by atoms with E-state index in [4.69, 9.17) is 4.74 Å². The van der Waals surface area contributed by atoms with Gasteiger partial charge in [0.1, 0.15) is 11.4 Å². The van der Waals surface area contributed by atoms with Gasteiger partial charge in [-0.05, 0) is 43.3 Å². The second-order valence-corrected chi connectivity index (χ2v) is 9.90. The van der Waals surface area contributed by atoms with E-state index in [1.54, 1.807) is 49.4 Å². The molecule has 12 heteroatoms. The summed E-state index contributed by atoms with van der Waals surface area (Å²) in [5.74, 6) is -0.470. The Morgan fingerprint density at radius 3 is 2.54 bits per heavy atom. The van der Waals surface area contributed by atoms with Crippen LogP contribution >= 0.6 is 11.8 Å². The summed E-state index contributed by atoms with van der Waals surface area (Å²) in [4.78, 5) is 28.0. The van der Waals surface area contributed by atoms with Gasteiger partial charge in [0.2, 0.25) is 5.91 Å². The smallest absolute Gasteiger partial charge is 0.296 e. The maximum absolute atomic E-state index is 13.4. The van der Waals surface area contributed by atoms with Crippen molar-refractivity contribution in [2.75, 3.05) is 17.7 Å². The number of para-hydroxylation sites is 2. The highest BCUT2D eigenvalue weighted by atomic mass is 32.2. The highest BCUT2D eigenvalue weighted by Crippen LogP contribution is 2.31. The topological polar surface area (TPSA) is 133 Å². The van der Waals surface area contributed by atoms with E-state index in [2.05, 4.69) is 10.3 Å². The highest BCUT2D eigenvalue weighted by molar-refractivity contribution is 8.00. The van der Waals surface area contributed by atoms with Crippen molar-refractivity contribution in [1.82, 2.24) is 8.96 Å². The van der Waals surface area contributed by atoms with Crippen molar-refractivity contribution in [3.63, 3.8) is 0 Å². The second-order valence-electron chi connectivity index (χ2n) is 7.17. The van der Waals surface area contributed by atoms with Gasteiger partial charge in [0, 0.05) is 0 Å². The Morgan fingerprint density at radius 1 is 1.11 bits per heavy atom. The number of hydrogen-bond donors (Lipinski definition) is 1. The van der Waals surface area contributed by atoms with Crippen LogP contribution in [0.4, 0.5) is 11.4 Å². The number of fused-ring (bicyclic) bond motifs is 1. The molecule has 0 unspecified atom stereocenters. The first kappa shape index (κ1) is 24.2. The van der Waals surface area contributed by atoms with E-state index in [0.717, 1.165) is 15.7 Å². The average Bonchev–Trinajstić information content (AvgIpc) is 3.23. The van der Waals surface area contributed by atoms with Crippen molar-refractivity contribution < 1.29 is 22.9 Å². The summed E-state index contributed by atoms with van der Waals surface area (Å²) in [6.45, 7) is 2.09. The Kier molecular flexibility index (Phi) is 7.03. The van der Waals surface area contributed by atoms with E-state index in [1.807, 2.05) is 0 Å². The van der Waals surface area contributed by atoms with Gasteiger partial charge in [-0.25, -0.2) is 17.4 Å². The molecule has 0 fully saturated rings. The first-order valence-electron chi connectivity index (χ1n) is 10.4. The van der Waals surface area contributed by atoms with E-state index < -0.39 is 20.9 Å². The van der Waals surface area contributed by atoms with Gasteiger partial charge in [-0.2, -0.15) is 0 Å². The van der Waals surface area contributed by atoms with Crippen molar-refractivity contribution in [1.29, 1.82) is 0 Å². The van der Waals surface area contributed by atoms with Gasteiger partial charge >= 0.3 is 0 Å². The number of anilines is 1. The van der Waals surface area contributed by atoms with E-state index in [-0.39, 0.29) is 27.2 Å². The number of thioether (sulfide) groups is 1. The first-order valence-corrected chi connectivity index (χ1v) is 12.9. The summed E-state index contributed by atoms with van der Waals surface area (Å²) in [7, 11) is -3.99. The number of hydrogen-bond acceptors (Lipinski definition) is 8. The lowest BCUT2D eigenvalue weighted by molar-refractivity contribution is -0.384. The van der Waals surface area contributed by atoms with Gasteiger partial charge in [0.05, 0.1) is 39.3 Å². The number of rotatable bonds is 9. The molecule has 10 nitrogen and oxygen atoms in total. The average molecular weight is 513 g/mol.